The predicted molar refractivity (Wildman–Crippen MR) is 108 cm³/mol. The summed E-state index contributed by atoms with van der Waals surface area (Å²) in [6.07, 6.45) is 2.47. The molecule has 0 aliphatic heterocycles. The molecule has 2 aromatic carbocycles. The molecule has 0 fully saturated rings. The lowest BCUT2D eigenvalue weighted by molar-refractivity contribution is 0.349. The Balaban J connectivity index is 2.07. The highest BCUT2D eigenvalue weighted by atomic mass is 14.6. The Morgan fingerprint density at radius 1 is 0.520 bits per heavy atom. The van der Waals surface area contributed by atoms with Crippen LogP contribution in [0.2, 0.25) is 0 Å². The summed E-state index contributed by atoms with van der Waals surface area (Å²) in [5.41, 5.74) is 12.8. The van der Waals surface area contributed by atoms with Gasteiger partial charge in [0.1, 0.15) is 0 Å². The van der Waals surface area contributed by atoms with E-state index in [1.165, 1.54) is 35.1 Å². The highest BCUT2D eigenvalue weighted by Gasteiger charge is 2.56. The second-order valence-corrected chi connectivity index (χ2v) is 10.2. The molecule has 2 aliphatic carbocycles. The molecular formula is C25H32. The molecule has 2 aliphatic rings. The van der Waals surface area contributed by atoms with E-state index in [9.17, 15) is 0 Å². The molecule has 0 bridgehead atoms. The second-order valence-electron chi connectivity index (χ2n) is 10.2. The lowest BCUT2D eigenvalue weighted by Gasteiger charge is -2.31. The summed E-state index contributed by atoms with van der Waals surface area (Å²) >= 11 is 0. The largest absolute Gasteiger partial charge is 0.0558 e. The molecule has 2 aromatic rings. The van der Waals surface area contributed by atoms with Crippen molar-refractivity contribution >= 4 is 0 Å². The fraction of sp³-hybridized carbons (Fsp3) is 0.520. The topological polar surface area (TPSA) is 0 Å². The van der Waals surface area contributed by atoms with Crippen molar-refractivity contribution in [2.24, 2.45) is 0 Å². The van der Waals surface area contributed by atoms with Gasteiger partial charge in [0, 0.05) is 5.41 Å². The number of hydrogen-bond donors (Lipinski definition) is 0. The molecule has 0 N–H and O–H groups in total. The van der Waals surface area contributed by atoms with Gasteiger partial charge in [-0.2, -0.15) is 0 Å². The SMILES string of the molecule is Cc1cc2c(cc1C)C1(CC2(C)C)CC(C)(C)c2cc(C)c(C)cc21. The Hall–Kier alpha value is -1.56. The first-order valence-corrected chi connectivity index (χ1v) is 9.72. The summed E-state index contributed by atoms with van der Waals surface area (Å²) in [6, 6.07) is 9.98. The highest BCUT2D eigenvalue weighted by Crippen LogP contribution is 2.63. The predicted octanol–water partition coefficient (Wildman–Crippen LogP) is 6.57. The maximum atomic E-state index is 2.51. The molecular weight excluding hydrogens is 300 g/mol. The van der Waals surface area contributed by atoms with Crippen LogP contribution in [0.25, 0.3) is 0 Å². The van der Waals surface area contributed by atoms with Crippen LogP contribution in [0.1, 0.15) is 85.0 Å². The van der Waals surface area contributed by atoms with Gasteiger partial charge in [-0.05, 0) is 95.9 Å². The third-order valence-electron chi connectivity index (χ3n) is 7.24. The normalized spacial score (nSPS) is 21.4. The Bertz CT molecular complexity index is 817. The average molecular weight is 333 g/mol. The summed E-state index contributed by atoms with van der Waals surface area (Å²) in [4.78, 5) is 0. The van der Waals surface area contributed by atoms with Crippen molar-refractivity contribution in [2.45, 2.75) is 84.5 Å². The number of aryl methyl sites for hydroxylation is 4. The molecule has 0 radical (unpaired) electrons. The van der Waals surface area contributed by atoms with Gasteiger partial charge in [0.25, 0.3) is 0 Å². The number of hydrogen-bond acceptors (Lipinski definition) is 0. The number of benzene rings is 2. The van der Waals surface area contributed by atoms with E-state index in [0.717, 1.165) is 0 Å². The summed E-state index contributed by atoms with van der Waals surface area (Å²) in [7, 11) is 0. The standard InChI is InChI=1S/C25H32/c1-15-9-19-21(11-17(15)3)25(13-23(19,5)6)14-24(7,8)20-10-16(2)18(4)12-22(20)25/h9-12H,13-14H2,1-8H3. The van der Waals surface area contributed by atoms with Crippen molar-refractivity contribution < 1.29 is 0 Å². The van der Waals surface area contributed by atoms with Gasteiger partial charge >= 0.3 is 0 Å². The summed E-state index contributed by atoms with van der Waals surface area (Å²) in [5.74, 6) is 0. The quantitative estimate of drug-likeness (QED) is 0.512. The third kappa shape index (κ3) is 2.12. The van der Waals surface area contributed by atoms with Crippen LogP contribution in [-0.2, 0) is 16.2 Å². The van der Waals surface area contributed by atoms with Gasteiger partial charge in [-0.3, -0.25) is 0 Å². The highest BCUT2D eigenvalue weighted by molar-refractivity contribution is 5.62. The minimum Gasteiger partial charge on any atom is -0.0558 e. The Labute approximate surface area is 153 Å². The molecule has 4 rings (SSSR count). The number of fused-ring (bicyclic) bond motifs is 4. The van der Waals surface area contributed by atoms with E-state index in [4.69, 9.17) is 0 Å². The van der Waals surface area contributed by atoms with E-state index >= 15 is 0 Å². The van der Waals surface area contributed by atoms with Crippen LogP contribution >= 0.6 is 0 Å². The van der Waals surface area contributed by atoms with Crippen LogP contribution in [0.4, 0.5) is 0 Å². The van der Waals surface area contributed by atoms with Gasteiger partial charge < -0.3 is 0 Å². The molecule has 0 amide bonds. The van der Waals surface area contributed by atoms with Gasteiger partial charge in [-0.25, -0.2) is 0 Å². The zero-order valence-corrected chi connectivity index (χ0v) is 17.2. The Morgan fingerprint density at radius 2 is 0.800 bits per heavy atom. The van der Waals surface area contributed by atoms with Gasteiger partial charge in [-0.1, -0.05) is 52.0 Å². The van der Waals surface area contributed by atoms with Crippen LogP contribution in [0, 0.1) is 27.7 Å². The first-order chi connectivity index (χ1) is 11.5. The lowest BCUT2D eigenvalue weighted by atomic mass is 9.72. The molecule has 0 unspecified atom stereocenters. The first-order valence-electron chi connectivity index (χ1n) is 9.72. The van der Waals surface area contributed by atoms with Crippen molar-refractivity contribution in [3.05, 3.63) is 68.8 Å². The molecule has 0 heteroatoms. The van der Waals surface area contributed by atoms with Gasteiger partial charge in [0.15, 0.2) is 0 Å². The van der Waals surface area contributed by atoms with Crippen LogP contribution in [0.5, 0.6) is 0 Å². The zero-order chi connectivity index (χ0) is 18.4. The average Bonchev–Trinajstić information content (AvgIpc) is 2.82. The van der Waals surface area contributed by atoms with Gasteiger partial charge in [-0.15, -0.1) is 0 Å². The third-order valence-corrected chi connectivity index (χ3v) is 7.24. The first kappa shape index (κ1) is 16.9. The number of rotatable bonds is 0. The lowest BCUT2D eigenvalue weighted by Crippen LogP contribution is -2.27. The summed E-state index contributed by atoms with van der Waals surface area (Å²) < 4.78 is 0. The molecule has 1 spiro atoms. The van der Waals surface area contributed by atoms with Crippen LogP contribution in [-0.4, -0.2) is 0 Å². The van der Waals surface area contributed by atoms with Crippen LogP contribution in [0.15, 0.2) is 24.3 Å². The van der Waals surface area contributed by atoms with Crippen molar-refractivity contribution in [1.82, 2.24) is 0 Å². The molecule has 0 saturated heterocycles. The van der Waals surface area contributed by atoms with E-state index in [2.05, 4.69) is 79.7 Å². The fourth-order valence-electron chi connectivity index (χ4n) is 5.83. The van der Waals surface area contributed by atoms with Gasteiger partial charge in [0.2, 0.25) is 0 Å². The molecule has 25 heavy (non-hydrogen) atoms. The minimum atomic E-state index is 0.189. The van der Waals surface area contributed by atoms with Crippen LogP contribution < -0.4 is 0 Å². The van der Waals surface area contributed by atoms with Crippen molar-refractivity contribution in [2.75, 3.05) is 0 Å². The zero-order valence-electron chi connectivity index (χ0n) is 17.2. The Kier molecular flexibility index (Phi) is 3.23. The van der Waals surface area contributed by atoms with E-state index in [1.54, 1.807) is 22.3 Å². The van der Waals surface area contributed by atoms with E-state index < -0.39 is 0 Å². The maximum Gasteiger partial charge on any atom is 0.0225 e. The van der Waals surface area contributed by atoms with E-state index in [0.29, 0.717) is 0 Å². The summed E-state index contributed by atoms with van der Waals surface area (Å²) in [5, 5.41) is 0. The molecule has 0 nitrogen and oxygen atoms in total. The van der Waals surface area contributed by atoms with Crippen molar-refractivity contribution in [3.8, 4) is 0 Å². The summed E-state index contributed by atoms with van der Waals surface area (Å²) in [6.45, 7) is 18.9. The fourth-order valence-corrected chi connectivity index (χ4v) is 5.83. The molecule has 0 saturated carbocycles. The molecule has 0 aromatic heterocycles. The molecule has 0 atom stereocenters. The molecule has 0 heterocycles. The monoisotopic (exact) mass is 332 g/mol. The van der Waals surface area contributed by atoms with Crippen molar-refractivity contribution in [3.63, 3.8) is 0 Å². The Morgan fingerprint density at radius 3 is 1.12 bits per heavy atom. The van der Waals surface area contributed by atoms with E-state index in [-0.39, 0.29) is 16.2 Å². The second kappa shape index (κ2) is 4.78. The van der Waals surface area contributed by atoms with Gasteiger partial charge in [0.05, 0.1) is 0 Å². The maximum absolute atomic E-state index is 2.51. The van der Waals surface area contributed by atoms with Crippen molar-refractivity contribution in [1.29, 1.82) is 0 Å². The smallest absolute Gasteiger partial charge is 0.0225 e. The van der Waals surface area contributed by atoms with E-state index in [1.807, 2.05) is 0 Å². The molecule has 132 valence electrons. The van der Waals surface area contributed by atoms with Crippen LogP contribution in [0.3, 0.4) is 0 Å². The minimum absolute atomic E-state index is 0.189.